The van der Waals surface area contributed by atoms with Crippen molar-refractivity contribution in [3.05, 3.63) is 50.1 Å². The summed E-state index contributed by atoms with van der Waals surface area (Å²) in [6.07, 6.45) is 1.11. The first-order valence-electron chi connectivity index (χ1n) is 7.18. The number of aliphatic hydroxyl groups is 1. The van der Waals surface area contributed by atoms with Crippen LogP contribution in [-0.4, -0.2) is 29.7 Å². The maximum atomic E-state index is 9.33. The van der Waals surface area contributed by atoms with Crippen LogP contribution in [0.2, 0.25) is 0 Å². The fraction of sp³-hybridized carbons (Fsp3) is 0.375. The fourth-order valence-electron chi connectivity index (χ4n) is 2.80. The lowest BCUT2D eigenvalue weighted by Crippen LogP contribution is -2.26. The van der Waals surface area contributed by atoms with Crippen molar-refractivity contribution < 1.29 is 5.11 Å². The van der Waals surface area contributed by atoms with E-state index in [1.807, 2.05) is 0 Å². The molecular formula is C16H19BrN2OS. The molecule has 0 unspecified atom stereocenters. The third-order valence-electron chi connectivity index (χ3n) is 3.75. The molecule has 0 atom stereocenters. The molecule has 0 fully saturated rings. The highest BCUT2D eigenvalue weighted by Crippen LogP contribution is 2.28. The Morgan fingerprint density at radius 1 is 1.24 bits per heavy atom. The molecule has 0 aliphatic carbocycles. The summed E-state index contributed by atoms with van der Waals surface area (Å²) in [5, 5.41) is 12.8. The molecule has 112 valence electrons. The number of anilines is 1. The van der Waals surface area contributed by atoms with Crippen molar-refractivity contribution in [1.29, 1.82) is 0 Å². The third-order valence-corrected chi connectivity index (χ3v) is 5.36. The summed E-state index contributed by atoms with van der Waals surface area (Å²) in [6.45, 7) is 3.66. The first-order chi connectivity index (χ1) is 10.3. The van der Waals surface area contributed by atoms with Gasteiger partial charge in [0.2, 0.25) is 0 Å². The van der Waals surface area contributed by atoms with E-state index in [0.29, 0.717) is 6.54 Å². The smallest absolute Gasteiger partial charge is 0.0701 e. The molecule has 1 aliphatic rings. The molecule has 2 heterocycles. The van der Waals surface area contributed by atoms with Gasteiger partial charge in [-0.05, 0) is 45.6 Å². The number of hydrogen-bond donors (Lipinski definition) is 2. The quantitative estimate of drug-likeness (QED) is 0.821. The number of benzene rings is 1. The number of nitrogens with one attached hydrogen (secondary N) is 1. The topological polar surface area (TPSA) is 35.5 Å². The lowest BCUT2D eigenvalue weighted by molar-refractivity contribution is 0.185. The summed E-state index contributed by atoms with van der Waals surface area (Å²) >= 11 is 5.26. The molecule has 0 saturated carbocycles. The molecule has 3 nitrogen and oxygen atoms in total. The second-order valence-corrected chi connectivity index (χ2v) is 7.82. The number of aliphatic hydroxyl groups excluding tert-OH is 1. The Bertz CT molecular complexity index is 614. The molecule has 1 aromatic heterocycles. The molecule has 0 amide bonds. The van der Waals surface area contributed by atoms with Gasteiger partial charge in [0.05, 0.1) is 10.4 Å². The predicted molar refractivity (Wildman–Crippen MR) is 91.9 cm³/mol. The number of rotatable bonds is 6. The average molecular weight is 367 g/mol. The van der Waals surface area contributed by atoms with Crippen LogP contribution >= 0.6 is 27.3 Å². The van der Waals surface area contributed by atoms with Crippen molar-refractivity contribution in [2.45, 2.75) is 19.5 Å². The summed E-state index contributed by atoms with van der Waals surface area (Å²) in [6, 6.07) is 10.8. The number of hydrogen-bond acceptors (Lipinski definition) is 4. The predicted octanol–water partition coefficient (Wildman–Crippen LogP) is 3.47. The maximum Gasteiger partial charge on any atom is 0.0701 e. The van der Waals surface area contributed by atoms with Crippen LogP contribution < -0.4 is 5.32 Å². The van der Waals surface area contributed by atoms with Gasteiger partial charge in [-0.25, -0.2) is 0 Å². The number of fused-ring (bicyclic) bond motifs is 1. The molecule has 1 aliphatic heterocycles. The Kier molecular flexibility index (Phi) is 4.95. The molecule has 21 heavy (non-hydrogen) atoms. The molecule has 2 aromatic rings. The Morgan fingerprint density at radius 3 is 2.90 bits per heavy atom. The van der Waals surface area contributed by atoms with Gasteiger partial charge in [0.1, 0.15) is 0 Å². The van der Waals surface area contributed by atoms with Crippen molar-refractivity contribution in [3.8, 4) is 0 Å². The van der Waals surface area contributed by atoms with E-state index in [1.165, 1.54) is 21.7 Å². The monoisotopic (exact) mass is 366 g/mol. The van der Waals surface area contributed by atoms with Crippen LogP contribution in [0.4, 0.5) is 5.69 Å². The summed E-state index contributed by atoms with van der Waals surface area (Å²) in [5.41, 5.74) is 4.04. The van der Waals surface area contributed by atoms with Gasteiger partial charge in [-0.1, -0.05) is 18.2 Å². The Labute approximate surface area is 137 Å². The van der Waals surface area contributed by atoms with E-state index in [1.54, 1.807) is 11.3 Å². The number of halogens is 1. The summed E-state index contributed by atoms with van der Waals surface area (Å²) in [5.74, 6) is 0. The minimum Gasteiger partial charge on any atom is -0.395 e. The van der Waals surface area contributed by atoms with Gasteiger partial charge in [-0.15, -0.1) is 11.3 Å². The second-order valence-electron chi connectivity index (χ2n) is 5.27. The lowest BCUT2D eigenvalue weighted by atomic mass is 10.1. The zero-order chi connectivity index (χ0) is 14.7. The third kappa shape index (κ3) is 3.66. The SMILES string of the molecule is OCCN(Cc1ccc(Br)s1)Cc1cccc2c1NCC2. The minimum absolute atomic E-state index is 0.189. The van der Waals surface area contributed by atoms with Gasteiger partial charge < -0.3 is 10.4 Å². The van der Waals surface area contributed by atoms with Gasteiger partial charge in [-0.3, -0.25) is 4.90 Å². The van der Waals surface area contributed by atoms with Crippen molar-refractivity contribution in [1.82, 2.24) is 4.90 Å². The van der Waals surface area contributed by atoms with E-state index in [2.05, 4.69) is 56.5 Å². The zero-order valence-electron chi connectivity index (χ0n) is 11.8. The van der Waals surface area contributed by atoms with E-state index in [0.717, 1.165) is 29.8 Å². The average Bonchev–Trinajstić information content (AvgIpc) is 3.08. The van der Waals surface area contributed by atoms with Crippen LogP contribution in [0.1, 0.15) is 16.0 Å². The Balaban J connectivity index is 1.74. The fourth-order valence-corrected chi connectivity index (χ4v) is 4.32. The van der Waals surface area contributed by atoms with E-state index >= 15 is 0 Å². The summed E-state index contributed by atoms with van der Waals surface area (Å²) in [4.78, 5) is 3.62. The Morgan fingerprint density at radius 2 is 2.14 bits per heavy atom. The van der Waals surface area contributed by atoms with Crippen LogP contribution in [0, 0.1) is 0 Å². The number of thiophene rings is 1. The molecule has 2 N–H and O–H groups in total. The van der Waals surface area contributed by atoms with E-state index in [-0.39, 0.29) is 6.61 Å². The molecule has 0 radical (unpaired) electrons. The molecule has 0 saturated heterocycles. The molecule has 1 aromatic carbocycles. The van der Waals surface area contributed by atoms with Crippen LogP contribution in [0.5, 0.6) is 0 Å². The van der Waals surface area contributed by atoms with Crippen molar-refractivity contribution in [3.63, 3.8) is 0 Å². The van der Waals surface area contributed by atoms with Gasteiger partial charge in [-0.2, -0.15) is 0 Å². The van der Waals surface area contributed by atoms with Gasteiger partial charge in [0, 0.05) is 36.7 Å². The van der Waals surface area contributed by atoms with Crippen molar-refractivity contribution in [2.75, 3.05) is 25.0 Å². The molecular weight excluding hydrogens is 348 g/mol. The summed E-state index contributed by atoms with van der Waals surface area (Å²) in [7, 11) is 0. The van der Waals surface area contributed by atoms with Crippen LogP contribution in [0.3, 0.4) is 0 Å². The van der Waals surface area contributed by atoms with Gasteiger partial charge in [0.25, 0.3) is 0 Å². The van der Waals surface area contributed by atoms with Crippen LogP contribution in [-0.2, 0) is 19.5 Å². The molecule has 0 spiro atoms. The molecule has 3 rings (SSSR count). The van der Waals surface area contributed by atoms with E-state index in [4.69, 9.17) is 0 Å². The largest absolute Gasteiger partial charge is 0.395 e. The van der Waals surface area contributed by atoms with Crippen LogP contribution in [0.25, 0.3) is 0 Å². The number of para-hydroxylation sites is 1. The normalized spacial score (nSPS) is 13.5. The highest BCUT2D eigenvalue weighted by atomic mass is 79.9. The Hall–Kier alpha value is -0.880. The van der Waals surface area contributed by atoms with Crippen molar-refractivity contribution in [2.24, 2.45) is 0 Å². The molecule has 5 heteroatoms. The maximum absolute atomic E-state index is 9.33. The first-order valence-corrected chi connectivity index (χ1v) is 8.79. The second kappa shape index (κ2) is 6.92. The highest BCUT2D eigenvalue weighted by Gasteiger charge is 2.16. The lowest BCUT2D eigenvalue weighted by Gasteiger charge is -2.22. The van der Waals surface area contributed by atoms with Gasteiger partial charge in [0.15, 0.2) is 0 Å². The van der Waals surface area contributed by atoms with Gasteiger partial charge >= 0.3 is 0 Å². The minimum atomic E-state index is 0.189. The molecule has 0 bridgehead atoms. The summed E-state index contributed by atoms with van der Waals surface area (Å²) < 4.78 is 1.16. The number of nitrogens with zero attached hydrogens (tertiary/aromatic N) is 1. The standard InChI is InChI=1S/C16H19BrN2OS/c17-15-5-4-14(21-15)11-19(8-9-20)10-13-3-1-2-12-6-7-18-16(12)13/h1-5,18,20H,6-11H2. The van der Waals surface area contributed by atoms with E-state index in [9.17, 15) is 5.11 Å². The first kappa shape index (κ1) is 15.0. The van der Waals surface area contributed by atoms with Crippen LogP contribution in [0.15, 0.2) is 34.1 Å². The highest BCUT2D eigenvalue weighted by molar-refractivity contribution is 9.11. The van der Waals surface area contributed by atoms with Crippen molar-refractivity contribution >= 4 is 33.0 Å². The van der Waals surface area contributed by atoms with E-state index < -0.39 is 0 Å². The zero-order valence-corrected chi connectivity index (χ0v) is 14.2.